The summed E-state index contributed by atoms with van der Waals surface area (Å²) in [6, 6.07) is 12.9. The van der Waals surface area contributed by atoms with Gasteiger partial charge in [0.1, 0.15) is 0 Å². The highest BCUT2D eigenvalue weighted by Gasteiger charge is 2.35. The first-order chi connectivity index (χ1) is 14.9. The van der Waals surface area contributed by atoms with Crippen molar-refractivity contribution < 1.29 is 9.59 Å². The molecule has 7 heteroatoms. The van der Waals surface area contributed by atoms with Crippen LogP contribution in [0.1, 0.15) is 42.1 Å². The maximum Gasteiger partial charge on any atom is 0.322 e. The number of carbonyl (C=O) groups is 2. The van der Waals surface area contributed by atoms with Crippen molar-refractivity contribution in [3.8, 4) is 0 Å². The minimum absolute atomic E-state index is 0.0588. The van der Waals surface area contributed by atoms with Crippen LogP contribution in [0.15, 0.2) is 42.5 Å². The van der Waals surface area contributed by atoms with Crippen molar-refractivity contribution in [2.24, 2.45) is 0 Å². The molecule has 0 saturated carbocycles. The van der Waals surface area contributed by atoms with Gasteiger partial charge in [-0.3, -0.25) is 9.69 Å². The van der Waals surface area contributed by atoms with E-state index in [9.17, 15) is 9.59 Å². The first-order valence-corrected chi connectivity index (χ1v) is 11.3. The quantitative estimate of drug-likeness (QED) is 0.706. The van der Waals surface area contributed by atoms with E-state index >= 15 is 0 Å². The van der Waals surface area contributed by atoms with Crippen molar-refractivity contribution in [1.29, 1.82) is 0 Å². The molecule has 0 aliphatic carbocycles. The number of amides is 3. The number of aryl methyl sites for hydroxylation is 1. The summed E-state index contributed by atoms with van der Waals surface area (Å²) >= 11 is 5.97. The van der Waals surface area contributed by atoms with Gasteiger partial charge in [-0.1, -0.05) is 24.1 Å². The largest absolute Gasteiger partial charge is 0.322 e. The van der Waals surface area contributed by atoms with Crippen LogP contribution in [-0.4, -0.2) is 53.5 Å². The number of nitrogens with one attached hydrogen (secondary N) is 2. The molecule has 2 aliphatic rings. The molecule has 0 bridgehead atoms. The van der Waals surface area contributed by atoms with Crippen molar-refractivity contribution in [2.75, 3.05) is 30.3 Å². The molecule has 6 nitrogen and oxygen atoms in total. The average molecular weight is 441 g/mol. The van der Waals surface area contributed by atoms with Gasteiger partial charge in [0.15, 0.2) is 0 Å². The fourth-order valence-corrected chi connectivity index (χ4v) is 4.73. The normalized spacial score (nSPS) is 21.3. The highest BCUT2D eigenvalue weighted by atomic mass is 35.5. The molecule has 2 saturated heterocycles. The number of nitrogens with zero attached hydrogens (tertiary/aromatic N) is 2. The lowest BCUT2D eigenvalue weighted by atomic mass is 9.97. The van der Waals surface area contributed by atoms with Crippen LogP contribution in [0.2, 0.25) is 5.02 Å². The minimum atomic E-state index is -0.224. The smallest absolute Gasteiger partial charge is 0.322 e. The second-order valence-corrected chi connectivity index (χ2v) is 9.01. The molecule has 2 N–H and O–H groups in total. The summed E-state index contributed by atoms with van der Waals surface area (Å²) in [6.45, 7) is 6.90. The number of urea groups is 1. The Hall–Kier alpha value is -2.57. The molecule has 2 fully saturated rings. The zero-order chi connectivity index (χ0) is 22.0. The van der Waals surface area contributed by atoms with Gasteiger partial charge in [0.05, 0.1) is 0 Å². The molecule has 31 heavy (non-hydrogen) atoms. The predicted molar refractivity (Wildman–Crippen MR) is 125 cm³/mol. The zero-order valence-corrected chi connectivity index (χ0v) is 18.8. The maximum absolute atomic E-state index is 13.0. The third-order valence-corrected chi connectivity index (χ3v) is 6.50. The predicted octanol–water partition coefficient (Wildman–Crippen LogP) is 4.99. The summed E-state index contributed by atoms with van der Waals surface area (Å²) in [5, 5.41) is 6.46. The van der Waals surface area contributed by atoms with E-state index in [2.05, 4.69) is 22.5 Å². The van der Waals surface area contributed by atoms with E-state index in [0.29, 0.717) is 22.3 Å². The summed E-state index contributed by atoms with van der Waals surface area (Å²) < 4.78 is 0. The molecular formula is C24H29ClN4O2. The average Bonchev–Trinajstić information content (AvgIpc) is 2.75. The first-order valence-electron chi connectivity index (χ1n) is 10.9. The van der Waals surface area contributed by atoms with Crippen LogP contribution in [0.4, 0.5) is 16.2 Å². The topological polar surface area (TPSA) is 64.7 Å². The molecule has 2 aliphatic heterocycles. The van der Waals surface area contributed by atoms with Crippen molar-refractivity contribution in [1.82, 2.24) is 9.80 Å². The van der Waals surface area contributed by atoms with Crippen molar-refractivity contribution in [2.45, 2.75) is 45.2 Å². The Morgan fingerprint density at radius 3 is 2.68 bits per heavy atom. The second kappa shape index (κ2) is 9.28. The Balaban J connectivity index is 1.40. The van der Waals surface area contributed by atoms with Crippen LogP contribution in [0.5, 0.6) is 0 Å². The number of benzene rings is 2. The lowest BCUT2D eigenvalue weighted by molar-refractivity contribution is 0.0380. The Morgan fingerprint density at radius 2 is 1.90 bits per heavy atom. The molecule has 0 aromatic heterocycles. The number of hydrogen-bond donors (Lipinski definition) is 2. The number of carbonyl (C=O) groups excluding carboxylic acids is 2. The highest BCUT2D eigenvalue weighted by Crippen LogP contribution is 2.26. The van der Waals surface area contributed by atoms with Gasteiger partial charge in [0.25, 0.3) is 5.91 Å². The SMILES string of the molecule is Cc1cc(NC(=O)c2cccc(Cl)c2)ccc1NC(=O)N1CC2CCCCN2CC1C. The second-order valence-electron chi connectivity index (χ2n) is 8.57. The van der Waals surface area contributed by atoms with Gasteiger partial charge in [0, 0.05) is 47.1 Å². The standard InChI is InChI=1S/C24H29ClN4O2/c1-16-12-20(26-23(30)18-6-5-7-19(25)13-18)9-10-22(16)27-24(31)29-15-21-8-3-4-11-28(21)14-17(29)2/h5-7,9-10,12-13,17,21H,3-4,8,11,14-15H2,1-2H3,(H,26,30)(H,27,31). The molecule has 2 aromatic carbocycles. The molecule has 4 rings (SSSR count). The monoisotopic (exact) mass is 440 g/mol. The van der Waals surface area contributed by atoms with E-state index in [-0.39, 0.29) is 18.0 Å². The van der Waals surface area contributed by atoms with Crippen molar-refractivity contribution in [3.63, 3.8) is 0 Å². The molecule has 2 heterocycles. The van der Waals surface area contributed by atoms with Gasteiger partial charge < -0.3 is 15.5 Å². The number of halogens is 1. The lowest BCUT2D eigenvalue weighted by Crippen LogP contribution is -2.60. The third-order valence-electron chi connectivity index (χ3n) is 6.26. The number of anilines is 2. The van der Waals surface area contributed by atoms with Crippen LogP contribution in [0.25, 0.3) is 0 Å². The number of piperidine rings is 1. The summed E-state index contributed by atoms with van der Waals surface area (Å²) in [7, 11) is 0. The summed E-state index contributed by atoms with van der Waals surface area (Å²) in [6.07, 6.45) is 3.66. The molecule has 2 aromatic rings. The number of rotatable bonds is 3. The molecule has 2 unspecified atom stereocenters. The van der Waals surface area contributed by atoms with E-state index in [0.717, 1.165) is 37.3 Å². The van der Waals surface area contributed by atoms with E-state index in [1.54, 1.807) is 30.3 Å². The Bertz CT molecular complexity index is 980. The molecular weight excluding hydrogens is 412 g/mol. The van der Waals surface area contributed by atoms with Crippen LogP contribution >= 0.6 is 11.6 Å². The van der Waals surface area contributed by atoms with Gasteiger partial charge >= 0.3 is 6.03 Å². The van der Waals surface area contributed by atoms with E-state index < -0.39 is 0 Å². The number of hydrogen-bond acceptors (Lipinski definition) is 3. The van der Waals surface area contributed by atoms with Gasteiger partial charge in [0.2, 0.25) is 0 Å². The van der Waals surface area contributed by atoms with Crippen molar-refractivity contribution in [3.05, 3.63) is 58.6 Å². The summed E-state index contributed by atoms with van der Waals surface area (Å²) in [4.78, 5) is 29.9. The molecule has 2 atom stereocenters. The Morgan fingerprint density at radius 1 is 1.06 bits per heavy atom. The van der Waals surface area contributed by atoms with Crippen LogP contribution in [-0.2, 0) is 0 Å². The fraction of sp³-hybridized carbons (Fsp3) is 0.417. The Labute approximate surface area is 188 Å². The third kappa shape index (κ3) is 5.02. The van der Waals surface area contributed by atoms with Gasteiger partial charge in [-0.25, -0.2) is 4.79 Å². The lowest BCUT2D eigenvalue weighted by Gasteiger charge is -2.47. The molecule has 0 radical (unpaired) electrons. The molecule has 164 valence electrons. The minimum Gasteiger partial charge on any atom is -0.322 e. The van der Waals surface area contributed by atoms with Crippen LogP contribution < -0.4 is 10.6 Å². The highest BCUT2D eigenvalue weighted by molar-refractivity contribution is 6.31. The van der Waals surface area contributed by atoms with E-state index in [4.69, 9.17) is 11.6 Å². The molecule has 0 spiro atoms. The summed E-state index contributed by atoms with van der Waals surface area (Å²) in [5.41, 5.74) is 2.81. The molecule has 3 amide bonds. The van der Waals surface area contributed by atoms with E-state index in [1.807, 2.05) is 24.0 Å². The fourth-order valence-electron chi connectivity index (χ4n) is 4.54. The van der Waals surface area contributed by atoms with E-state index in [1.165, 1.54) is 12.8 Å². The Kier molecular flexibility index (Phi) is 6.49. The summed E-state index contributed by atoms with van der Waals surface area (Å²) in [5.74, 6) is -0.224. The van der Waals surface area contributed by atoms with Crippen LogP contribution in [0.3, 0.4) is 0 Å². The number of fused-ring (bicyclic) bond motifs is 1. The van der Waals surface area contributed by atoms with Crippen molar-refractivity contribution >= 4 is 34.9 Å². The maximum atomic E-state index is 13.0. The zero-order valence-electron chi connectivity index (χ0n) is 18.0. The first kappa shape index (κ1) is 21.7. The van der Waals surface area contributed by atoms with Crippen LogP contribution in [0, 0.1) is 6.92 Å². The van der Waals surface area contributed by atoms with Gasteiger partial charge in [-0.2, -0.15) is 0 Å². The van der Waals surface area contributed by atoms with Gasteiger partial charge in [-0.15, -0.1) is 0 Å². The number of piperazine rings is 1. The van der Waals surface area contributed by atoms with Gasteiger partial charge in [-0.05, 0) is 75.2 Å².